The average molecular weight is 763 g/mol. The summed E-state index contributed by atoms with van der Waals surface area (Å²) in [6, 6.07) is 41.1. The molecule has 2 aliphatic rings. The summed E-state index contributed by atoms with van der Waals surface area (Å²) in [7, 11) is 0. The minimum atomic E-state index is 0. The van der Waals surface area contributed by atoms with Crippen LogP contribution in [0.25, 0.3) is 22.5 Å². The Morgan fingerprint density at radius 3 is 2.18 bits per heavy atom. The molecule has 4 heterocycles. The van der Waals surface area contributed by atoms with Crippen LogP contribution in [0, 0.1) is 19.1 Å². The van der Waals surface area contributed by atoms with E-state index in [0.29, 0.717) is 0 Å². The van der Waals surface area contributed by atoms with Crippen molar-refractivity contribution in [3.8, 4) is 45.5 Å². The topological polar surface area (TPSA) is 44.2 Å². The zero-order valence-electron chi connectivity index (χ0n) is 25.6. The average Bonchev–Trinajstić information content (AvgIpc) is 3.05. The number of aryl methyl sites for hydroxylation is 1. The van der Waals surface area contributed by atoms with Gasteiger partial charge >= 0.3 is 0 Å². The third-order valence-electron chi connectivity index (χ3n) is 8.06. The minimum absolute atomic E-state index is 0. The number of fused-ring (bicyclic) bond motifs is 4. The number of ether oxygens (including phenoxy) is 2. The van der Waals surface area contributed by atoms with Crippen LogP contribution in [-0.4, -0.2) is 16.7 Å². The van der Waals surface area contributed by atoms with Gasteiger partial charge in [-0.2, -0.15) is 0 Å². The minimum Gasteiger partial charge on any atom is -0.503 e. The number of rotatable bonds is 2. The molecular weight excluding hydrogens is 731 g/mol. The predicted octanol–water partition coefficient (Wildman–Crippen LogP) is 7.43. The molecule has 6 aromatic rings. The van der Waals surface area contributed by atoms with Crippen molar-refractivity contribution in [3.63, 3.8) is 0 Å². The molecule has 4 aromatic carbocycles. The number of nitrogens with zero attached hydrogens (tertiary/aromatic N) is 2. The number of pyridine rings is 2. The first-order valence-corrected chi connectivity index (χ1v) is 14.9. The van der Waals surface area contributed by atoms with Gasteiger partial charge < -0.3 is 19.4 Å². The molecule has 1 radical (unpaired) electrons. The number of para-hydroxylation sites is 1. The van der Waals surface area contributed by atoms with Crippen LogP contribution in [0.2, 0.25) is 0 Å². The number of hydrogen-bond donors (Lipinski definition) is 0. The SMILES string of the molecule is Cc1c[c-]c(-c2ccc(C(C)(C)C)cn2)cc1.[Ir].[c-]1ccc2c(c1-c1ccccn1)Oc1cccc3c1B2c1ccccc1O3. The fourth-order valence-corrected chi connectivity index (χ4v) is 5.70. The molecule has 0 saturated heterocycles. The third kappa shape index (κ3) is 5.96. The Hall–Kier alpha value is -4.51. The van der Waals surface area contributed by atoms with E-state index in [2.05, 4.69) is 92.3 Å². The van der Waals surface area contributed by atoms with Gasteiger partial charge in [-0.25, -0.2) is 0 Å². The molecule has 8 rings (SSSR count). The summed E-state index contributed by atoms with van der Waals surface area (Å²) in [4.78, 5) is 9.02. The van der Waals surface area contributed by atoms with Gasteiger partial charge in [-0.1, -0.05) is 81.8 Å². The van der Waals surface area contributed by atoms with Gasteiger partial charge in [-0.15, -0.1) is 59.1 Å². The Balaban J connectivity index is 0.000000173. The summed E-state index contributed by atoms with van der Waals surface area (Å²) < 4.78 is 12.5. The Morgan fingerprint density at radius 1 is 0.689 bits per heavy atom. The van der Waals surface area contributed by atoms with Crippen molar-refractivity contribution >= 4 is 23.1 Å². The quantitative estimate of drug-likeness (QED) is 0.136. The van der Waals surface area contributed by atoms with Crippen molar-refractivity contribution in [1.82, 2.24) is 9.97 Å². The van der Waals surface area contributed by atoms with E-state index in [-0.39, 0.29) is 32.2 Å². The zero-order valence-corrected chi connectivity index (χ0v) is 28.0. The maximum Gasteiger partial charge on any atom is 0.241 e. The summed E-state index contributed by atoms with van der Waals surface area (Å²) in [6.07, 6.45) is 3.75. The first-order valence-electron chi connectivity index (χ1n) is 14.9. The summed E-state index contributed by atoms with van der Waals surface area (Å²) in [5.74, 6) is 3.40. The standard InChI is InChI=1S/C23H13BNO2.C16H18N.Ir/c1-2-11-19-16(8-1)24-17-9-5-7-15(18-10-3-4-14-25-18)23(17)27-21-13-6-12-20(26-19)22(21)24;1-12-5-7-13(8-6-12)15-10-9-14(11-17-15)16(2,3)4;/h1-6,8-14H;5-7,9-11H,1-4H3;/q2*-1;. The van der Waals surface area contributed by atoms with E-state index in [9.17, 15) is 0 Å². The second-order valence-electron chi connectivity index (χ2n) is 12.2. The molecule has 2 aromatic heterocycles. The smallest absolute Gasteiger partial charge is 0.241 e. The van der Waals surface area contributed by atoms with Crippen molar-refractivity contribution in [3.05, 3.63) is 139 Å². The molecule has 4 nitrogen and oxygen atoms in total. The first kappa shape index (κ1) is 30.5. The van der Waals surface area contributed by atoms with E-state index in [1.54, 1.807) is 6.20 Å². The Morgan fingerprint density at radius 2 is 1.47 bits per heavy atom. The summed E-state index contributed by atoms with van der Waals surface area (Å²) >= 11 is 0. The molecule has 0 saturated carbocycles. The maximum atomic E-state index is 6.37. The van der Waals surface area contributed by atoms with Gasteiger partial charge in [0.1, 0.15) is 17.2 Å². The fraction of sp³-hybridized carbons (Fsp3) is 0.128. The Kier molecular flexibility index (Phi) is 8.46. The van der Waals surface area contributed by atoms with Gasteiger partial charge in [-0.05, 0) is 52.1 Å². The van der Waals surface area contributed by atoms with Crippen LogP contribution in [0.1, 0.15) is 31.9 Å². The summed E-state index contributed by atoms with van der Waals surface area (Å²) in [6.45, 7) is 8.73. The second kappa shape index (κ2) is 12.5. The molecule has 0 atom stereocenters. The van der Waals surface area contributed by atoms with E-state index >= 15 is 0 Å². The fourth-order valence-electron chi connectivity index (χ4n) is 5.70. The molecule has 0 spiro atoms. The second-order valence-corrected chi connectivity index (χ2v) is 12.2. The van der Waals surface area contributed by atoms with Gasteiger partial charge in [0.05, 0.1) is 0 Å². The van der Waals surface area contributed by atoms with E-state index in [0.717, 1.165) is 61.9 Å². The summed E-state index contributed by atoms with van der Waals surface area (Å²) in [5.41, 5.74) is 9.76. The van der Waals surface area contributed by atoms with Crippen molar-refractivity contribution in [2.45, 2.75) is 33.1 Å². The maximum absolute atomic E-state index is 6.37. The van der Waals surface area contributed by atoms with Crippen LogP contribution in [-0.2, 0) is 25.5 Å². The largest absolute Gasteiger partial charge is 0.503 e. The van der Waals surface area contributed by atoms with Crippen molar-refractivity contribution in [1.29, 1.82) is 0 Å². The number of hydrogen-bond acceptors (Lipinski definition) is 4. The zero-order chi connectivity index (χ0) is 30.3. The van der Waals surface area contributed by atoms with Gasteiger partial charge in [-0.3, -0.25) is 0 Å². The van der Waals surface area contributed by atoms with Gasteiger partial charge in [0.25, 0.3) is 0 Å². The van der Waals surface area contributed by atoms with Gasteiger partial charge in [0, 0.05) is 43.7 Å². The molecule has 223 valence electrons. The van der Waals surface area contributed by atoms with Crippen molar-refractivity contribution in [2.24, 2.45) is 0 Å². The van der Waals surface area contributed by atoms with Crippen molar-refractivity contribution in [2.75, 3.05) is 0 Å². The number of aromatic nitrogens is 2. The molecule has 0 fully saturated rings. The monoisotopic (exact) mass is 763 g/mol. The molecule has 0 aliphatic carbocycles. The molecule has 45 heavy (non-hydrogen) atoms. The van der Waals surface area contributed by atoms with Crippen molar-refractivity contribution < 1.29 is 29.6 Å². The Bertz CT molecular complexity index is 1950. The van der Waals surface area contributed by atoms with Crippen LogP contribution >= 0.6 is 0 Å². The van der Waals surface area contributed by atoms with E-state index < -0.39 is 0 Å². The molecule has 0 unspecified atom stereocenters. The molecule has 2 aliphatic heterocycles. The van der Waals surface area contributed by atoms with E-state index in [4.69, 9.17) is 9.47 Å². The van der Waals surface area contributed by atoms with Gasteiger partial charge in [0.15, 0.2) is 0 Å². The first-order chi connectivity index (χ1) is 21.4. The molecule has 0 amide bonds. The van der Waals surface area contributed by atoms with Crippen LogP contribution < -0.4 is 25.9 Å². The summed E-state index contributed by atoms with van der Waals surface area (Å²) in [5, 5.41) is 0. The molecular formula is C39H31BIrN2O2-2. The Labute approximate surface area is 279 Å². The van der Waals surface area contributed by atoms with Crippen LogP contribution in [0.3, 0.4) is 0 Å². The van der Waals surface area contributed by atoms with Crippen LogP contribution in [0.15, 0.2) is 116 Å². The molecule has 6 heteroatoms. The van der Waals surface area contributed by atoms with Crippen LogP contribution in [0.5, 0.6) is 23.0 Å². The molecule has 0 N–H and O–H groups in total. The van der Waals surface area contributed by atoms with E-state index in [1.807, 2.05) is 66.9 Å². The van der Waals surface area contributed by atoms with E-state index in [1.165, 1.54) is 11.1 Å². The van der Waals surface area contributed by atoms with Gasteiger partial charge in [0.2, 0.25) is 6.71 Å². The number of benzene rings is 4. The third-order valence-corrected chi connectivity index (χ3v) is 8.06. The van der Waals surface area contributed by atoms with Crippen LogP contribution in [0.4, 0.5) is 0 Å². The normalized spacial score (nSPS) is 12.1. The molecule has 0 bridgehead atoms. The predicted molar refractivity (Wildman–Crippen MR) is 178 cm³/mol.